The van der Waals surface area contributed by atoms with Gasteiger partial charge in [-0.05, 0) is 49.5 Å². The molecule has 1 aliphatic rings. The van der Waals surface area contributed by atoms with Gasteiger partial charge in [0.25, 0.3) is 0 Å². The van der Waals surface area contributed by atoms with Crippen molar-refractivity contribution < 1.29 is 38.0 Å². The Morgan fingerprint density at radius 3 is 1.50 bits per heavy atom. The van der Waals surface area contributed by atoms with Crippen molar-refractivity contribution >= 4 is 24.0 Å². The Kier molecular flexibility index (Phi) is 13.6. The van der Waals surface area contributed by atoms with E-state index < -0.39 is 0 Å². The van der Waals surface area contributed by atoms with E-state index in [-0.39, 0.29) is 17.9 Å². The molecule has 1 unspecified atom stereocenters. The van der Waals surface area contributed by atoms with Crippen LogP contribution in [0, 0.1) is 0 Å². The van der Waals surface area contributed by atoms with Gasteiger partial charge in [-0.15, -0.1) is 0 Å². The van der Waals surface area contributed by atoms with Crippen LogP contribution in [-0.4, -0.2) is 115 Å². The van der Waals surface area contributed by atoms with Crippen LogP contribution < -0.4 is 28.4 Å². The number of ether oxygens (including phenoxy) is 6. The number of rotatable bonds is 14. The second-order valence-corrected chi connectivity index (χ2v) is 10.6. The second kappa shape index (κ2) is 17.6. The average molecular weight is 636 g/mol. The molecule has 2 aromatic carbocycles. The number of methoxy groups -OCH3 is 6. The second-order valence-electron chi connectivity index (χ2n) is 10.6. The molecular weight excluding hydrogens is 590 g/mol. The zero-order chi connectivity index (χ0) is 33.6. The predicted octanol–water partition coefficient (Wildman–Crippen LogP) is 4.18. The maximum absolute atomic E-state index is 13.2. The van der Waals surface area contributed by atoms with Crippen LogP contribution in [0.1, 0.15) is 11.1 Å². The first kappa shape index (κ1) is 35.6. The highest BCUT2D eigenvalue weighted by atomic mass is 16.5. The number of hydrogen-bond donors (Lipinski definition) is 0. The summed E-state index contributed by atoms with van der Waals surface area (Å²) in [5, 5.41) is 0. The van der Waals surface area contributed by atoms with Crippen LogP contribution in [0.5, 0.6) is 34.5 Å². The van der Waals surface area contributed by atoms with E-state index in [1.54, 1.807) is 77.9 Å². The molecule has 11 nitrogen and oxygen atoms in total. The monoisotopic (exact) mass is 635 g/mol. The molecule has 0 N–H and O–H groups in total. The van der Waals surface area contributed by atoms with Crippen molar-refractivity contribution in [2.45, 2.75) is 6.04 Å². The van der Waals surface area contributed by atoms with Gasteiger partial charge in [0.15, 0.2) is 23.0 Å². The Morgan fingerprint density at radius 1 is 0.674 bits per heavy atom. The molecule has 0 saturated carbocycles. The van der Waals surface area contributed by atoms with Gasteiger partial charge in [-0.2, -0.15) is 0 Å². The number of hydrogen-bond acceptors (Lipinski definition) is 9. The van der Waals surface area contributed by atoms with Crippen molar-refractivity contribution in [1.29, 1.82) is 0 Å². The van der Waals surface area contributed by atoms with Crippen LogP contribution >= 0.6 is 0 Å². The largest absolute Gasteiger partial charge is 0.493 e. The summed E-state index contributed by atoms with van der Waals surface area (Å²) in [5.41, 5.74) is 1.66. The quantitative estimate of drug-likeness (QED) is 0.224. The zero-order valence-electron chi connectivity index (χ0n) is 27.9. The van der Waals surface area contributed by atoms with Gasteiger partial charge in [-0.1, -0.05) is 36.5 Å². The van der Waals surface area contributed by atoms with Gasteiger partial charge < -0.3 is 43.1 Å². The summed E-state index contributed by atoms with van der Waals surface area (Å²) >= 11 is 0. The third-order valence-corrected chi connectivity index (χ3v) is 7.30. The average Bonchev–Trinajstić information content (AvgIpc) is 3.06. The first-order valence-electron chi connectivity index (χ1n) is 14.7. The summed E-state index contributed by atoms with van der Waals surface area (Å²) in [7, 11) is 13.3. The van der Waals surface area contributed by atoms with Crippen molar-refractivity contribution in [2.24, 2.45) is 0 Å². The van der Waals surface area contributed by atoms with Gasteiger partial charge in [0.2, 0.25) is 23.3 Å². The van der Waals surface area contributed by atoms with Crippen molar-refractivity contribution in [3.8, 4) is 34.5 Å². The van der Waals surface area contributed by atoms with Crippen molar-refractivity contribution in [3.05, 3.63) is 71.8 Å². The minimum atomic E-state index is -0.160. The normalized spacial score (nSPS) is 15.4. The van der Waals surface area contributed by atoms with Crippen molar-refractivity contribution in [3.63, 3.8) is 0 Å². The lowest BCUT2D eigenvalue weighted by molar-refractivity contribution is -0.137. The number of likely N-dealkylation sites (N-methyl/N-ethyl adjacent to an activating group) is 1. The minimum absolute atomic E-state index is 0.114. The lowest BCUT2D eigenvalue weighted by Gasteiger charge is -2.41. The molecule has 248 valence electrons. The van der Waals surface area contributed by atoms with E-state index in [1.807, 2.05) is 60.3 Å². The molecule has 1 atom stereocenters. The molecule has 3 rings (SSSR count). The molecule has 1 saturated heterocycles. The molecular formula is C35H45N3O8. The molecule has 11 heteroatoms. The fraction of sp³-hybridized carbons (Fsp3) is 0.371. The van der Waals surface area contributed by atoms with E-state index in [0.717, 1.165) is 11.1 Å². The fourth-order valence-corrected chi connectivity index (χ4v) is 5.13. The summed E-state index contributed by atoms with van der Waals surface area (Å²) in [6.45, 7) is 1.91. The fourth-order valence-electron chi connectivity index (χ4n) is 5.13. The van der Waals surface area contributed by atoms with Crippen LogP contribution in [0.2, 0.25) is 0 Å². The van der Waals surface area contributed by atoms with Gasteiger partial charge in [-0.3, -0.25) is 9.59 Å². The van der Waals surface area contributed by atoms with Crippen LogP contribution in [0.15, 0.2) is 60.7 Å². The summed E-state index contributed by atoms with van der Waals surface area (Å²) in [4.78, 5) is 31.9. The first-order valence-corrected chi connectivity index (χ1v) is 14.7. The molecule has 2 aromatic rings. The van der Waals surface area contributed by atoms with Gasteiger partial charge in [0.1, 0.15) is 0 Å². The zero-order valence-corrected chi connectivity index (χ0v) is 27.9. The van der Waals surface area contributed by atoms with Gasteiger partial charge >= 0.3 is 0 Å². The smallest absolute Gasteiger partial charge is 0.246 e. The van der Waals surface area contributed by atoms with Gasteiger partial charge in [-0.25, -0.2) is 0 Å². The molecule has 0 bridgehead atoms. The molecule has 0 spiro atoms. The molecule has 1 fully saturated rings. The topological polar surface area (TPSA) is 99.2 Å². The molecule has 0 radical (unpaired) electrons. The molecule has 1 aliphatic heterocycles. The molecule has 1 heterocycles. The summed E-state index contributed by atoms with van der Waals surface area (Å²) in [6.07, 6.45) is 13.8. The SMILES string of the molecule is COc1cc(C=CC=CC(=O)N2CCN(C(=O)C=CC=Cc3cc(OC)c(OC)c(OC)c3)C(CN(C)C)C2)cc(OC)c1OC. The third-order valence-electron chi connectivity index (χ3n) is 7.30. The van der Waals surface area contributed by atoms with Gasteiger partial charge in [0, 0.05) is 38.3 Å². The first-order chi connectivity index (χ1) is 22.2. The summed E-state index contributed by atoms with van der Waals surface area (Å²) in [5.74, 6) is 2.98. The standard InChI is InChI=1S/C35H45N3O8/c1-36(2)23-27-24-37(32(39)15-11-9-13-25-19-28(41-3)34(45-7)29(20-25)42-4)17-18-38(27)33(40)16-12-10-14-26-21-30(43-5)35(46-8)31(22-26)44-6/h9-16,19-22,27H,17-18,23-24H2,1-8H3. The third kappa shape index (κ3) is 9.31. The highest BCUT2D eigenvalue weighted by molar-refractivity contribution is 5.90. The summed E-state index contributed by atoms with van der Waals surface area (Å²) in [6, 6.07) is 7.15. The Morgan fingerprint density at radius 2 is 1.11 bits per heavy atom. The van der Waals surface area contributed by atoms with Crippen LogP contribution in [-0.2, 0) is 9.59 Å². The molecule has 46 heavy (non-hydrogen) atoms. The Labute approximate surface area is 271 Å². The maximum atomic E-state index is 13.2. The predicted molar refractivity (Wildman–Crippen MR) is 179 cm³/mol. The number of carbonyl (C=O) groups excluding carboxylic acids is 2. The van der Waals surface area contributed by atoms with Crippen LogP contribution in [0.3, 0.4) is 0 Å². The van der Waals surface area contributed by atoms with Crippen molar-refractivity contribution in [1.82, 2.24) is 14.7 Å². The van der Waals surface area contributed by atoms with E-state index in [4.69, 9.17) is 28.4 Å². The van der Waals surface area contributed by atoms with Crippen LogP contribution in [0.25, 0.3) is 12.2 Å². The van der Waals surface area contributed by atoms with Crippen molar-refractivity contribution in [2.75, 3.05) is 82.9 Å². The maximum Gasteiger partial charge on any atom is 0.246 e. The molecule has 2 amide bonds. The summed E-state index contributed by atoms with van der Waals surface area (Å²) < 4.78 is 32.4. The highest BCUT2D eigenvalue weighted by Gasteiger charge is 2.31. The van der Waals surface area contributed by atoms with E-state index in [2.05, 4.69) is 0 Å². The lowest BCUT2D eigenvalue weighted by atomic mass is 10.1. The molecule has 0 aliphatic carbocycles. The Hall–Kier alpha value is -4.90. The number of piperazine rings is 1. The van der Waals surface area contributed by atoms with E-state index in [1.165, 1.54) is 6.08 Å². The Bertz CT molecular complexity index is 1410. The highest BCUT2D eigenvalue weighted by Crippen LogP contribution is 2.39. The van der Waals surface area contributed by atoms with Gasteiger partial charge in [0.05, 0.1) is 48.7 Å². The number of benzene rings is 2. The Balaban J connectivity index is 1.64. The number of carbonyl (C=O) groups is 2. The number of nitrogens with zero attached hydrogens (tertiary/aromatic N) is 3. The van der Waals surface area contributed by atoms with E-state index >= 15 is 0 Å². The van der Waals surface area contributed by atoms with E-state index in [0.29, 0.717) is 60.7 Å². The molecule has 0 aromatic heterocycles. The lowest BCUT2D eigenvalue weighted by Crippen LogP contribution is -2.58. The van der Waals surface area contributed by atoms with E-state index in [9.17, 15) is 9.59 Å². The van der Waals surface area contributed by atoms with Crippen LogP contribution in [0.4, 0.5) is 0 Å². The number of allylic oxidation sites excluding steroid dienone is 4. The number of amides is 2. The minimum Gasteiger partial charge on any atom is -0.493 e.